The van der Waals surface area contributed by atoms with Gasteiger partial charge in [0.2, 0.25) is 11.6 Å². The van der Waals surface area contributed by atoms with Crippen LogP contribution in [0.1, 0.15) is 55.3 Å². The molecule has 0 N–H and O–H groups in total. The van der Waals surface area contributed by atoms with E-state index in [1.807, 2.05) is 0 Å². The van der Waals surface area contributed by atoms with E-state index in [1.54, 1.807) is 34.1 Å². The molecule has 0 radical (unpaired) electrons. The first kappa shape index (κ1) is 19.1. The Morgan fingerprint density at radius 3 is 2.53 bits per heavy atom. The second kappa shape index (κ2) is 7.11. The molecule has 0 bridgehead atoms. The maximum absolute atomic E-state index is 13.5. The Morgan fingerprint density at radius 2 is 1.80 bits per heavy atom. The Morgan fingerprint density at radius 1 is 1.07 bits per heavy atom. The first-order chi connectivity index (χ1) is 14.5. The molecule has 1 atom stereocenters. The van der Waals surface area contributed by atoms with Gasteiger partial charge in [0.1, 0.15) is 0 Å². The molecule has 8 heteroatoms. The highest BCUT2D eigenvalue weighted by Gasteiger charge is 2.64. The van der Waals surface area contributed by atoms with Gasteiger partial charge in [-0.15, -0.1) is 0 Å². The van der Waals surface area contributed by atoms with Crippen LogP contribution in [0.5, 0.6) is 0 Å². The first-order valence-corrected chi connectivity index (χ1v) is 10.7. The number of benzene rings is 1. The smallest absolute Gasteiger partial charge is 0.354 e. The molecular formula is C22H25N3O5. The fourth-order valence-electron chi connectivity index (χ4n) is 4.99. The van der Waals surface area contributed by atoms with Gasteiger partial charge in [-0.2, -0.15) is 0 Å². The van der Waals surface area contributed by atoms with Crippen LogP contribution in [0.25, 0.3) is 0 Å². The number of esters is 1. The number of para-hydroxylation sites is 1. The average molecular weight is 411 g/mol. The van der Waals surface area contributed by atoms with Crippen LogP contribution in [-0.4, -0.2) is 64.9 Å². The molecule has 3 amide bonds. The van der Waals surface area contributed by atoms with E-state index in [9.17, 15) is 19.2 Å². The summed E-state index contributed by atoms with van der Waals surface area (Å²) in [6.07, 6.45) is 4.91. The maximum atomic E-state index is 13.5. The topological polar surface area (TPSA) is 87.2 Å². The van der Waals surface area contributed by atoms with Gasteiger partial charge >= 0.3 is 5.97 Å². The largest absolute Gasteiger partial charge is 0.452 e. The van der Waals surface area contributed by atoms with Crippen LogP contribution in [0.15, 0.2) is 24.3 Å². The number of hydrogen-bond donors (Lipinski definition) is 0. The first-order valence-electron chi connectivity index (χ1n) is 10.7. The van der Waals surface area contributed by atoms with Crippen molar-refractivity contribution in [3.63, 3.8) is 0 Å². The Bertz CT molecular complexity index is 921. The summed E-state index contributed by atoms with van der Waals surface area (Å²) >= 11 is 0. The van der Waals surface area contributed by atoms with Gasteiger partial charge in [0.05, 0.1) is 11.3 Å². The fraction of sp³-hybridized carbons (Fsp3) is 0.545. The average Bonchev–Trinajstić information content (AvgIpc) is 3.55. The van der Waals surface area contributed by atoms with Crippen molar-refractivity contribution in [3.05, 3.63) is 29.8 Å². The van der Waals surface area contributed by atoms with Crippen LogP contribution in [0.3, 0.4) is 0 Å². The number of piperidine rings is 1. The van der Waals surface area contributed by atoms with Gasteiger partial charge in [-0.3, -0.25) is 19.3 Å². The molecule has 3 fully saturated rings. The van der Waals surface area contributed by atoms with E-state index in [0.717, 1.165) is 32.1 Å². The van der Waals surface area contributed by atoms with Gasteiger partial charge in [0.15, 0.2) is 6.61 Å². The number of fused-ring (bicyclic) bond motifs is 3. The van der Waals surface area contributed by atoms with E-state index >= 15 is 0 Å². The normalized spacial score (nSPS) is 25.8. The van der Waals surface area contributed by atoms with Gasteiger partial charge in [-0.05, 0) is 44.2 Å². The summed E-state index contributed by atoms with van der Waals surface area (Å²) in [5, 5.41) is 0. The number of carbonyl (C=O) groups excluding carboxylic acids is 4. The van der Waals surface area contributed by atoms with Gasteiger partial charge in [0.25, 0.3) is 11.8 Å². The number of rotatable bonds is 4. The lowest BCUT2D eigenvalue weighted by Crippen LogP contribution is -2.69. The molecule has 5 rings (SSSR count). The number of amides is 3. The molecule has 1 aromatic rings. The number of hydrogen-bond acceptors (Lipinski definition) is 5. The molecule has 1 saturated carbocycles. The summed E-state index contributed by atoms with van der Waals surface area (Å²) in [6, 6.07) is 6.80. The van der Waals surface area contributed by atoms with Crippen molar-refractivity contribution in [2.75, 3.05) is 24.6 Å². The van der Waals surface area contributed by atoms with Crippen LogP contribution >= 0.6 is 0 Å². The van der Waals surface area contributed by atoms with Gasteiger partial charge < -0.3 is 14.5 Å². The zero-order chi connectivity index (χ0) is 20.9. The van der Waals surface area contributed by atoms with Crippen molar-refractivity contribution >= 4 is 29.4 Å². The zero-order valence-corrected chi connectivity index (χ0v) is 16.8. The highest BCUT2D eigenvalue weighted by Crippen LogP contribution is 2.49. The number of carbonyl (C=O) groups is 4. The van der Waals surface area contributed by atoms with Crippen molar-refractivity contribution in [1.82, 2.24) is 9.80 Å². The minimum atomic E-state index is -1.49. The zero-order valence-electron chi connectivity index (χ0n) is 16.8. The molecule has 8 nitrogen and oxygen atoms in total. The fourth-order valence-corrected chi connectivity index (χ4v) is 4.99. The summed E-state index contributed by atoms with van der Waals surface area (Å²) in [6.45, 7) is 0.982. The molecule has 2 saturated heterocycles. The Balaban J connectivity index is 1.46. The van der Waals surface area contributed by atoms with Crippen molar-refractivity contribution in [2.24, 2.45) is 0 Å². The van der Waals surface area contributed by atoms with Crippen LogP contribution in [0.2, 0.25) is 0 Å². The van der Waals surface area contributed by atoms with E-state index in [2.05, 4.69) is 0 Å². The number of anilines is 1. The predicted molar refractivity (Wildman–Crippen MR) is 106 cm³/mol. The standard InChI is InChI=1S/C22H25N3O5/c26-18-10-11-22(21(29)30-14-19(27)23-12-4-1-5-13-23)24(15-8-9-15)20(28)16-6-2-3-7-17(16)25(18)22/h2-3,6-7,15H,1,4-5,8-14H2/t22-/m1/s1. The van der Waals surface area contributed by atoms with Crippen LogP contribution < -0.4 is 4.90 Å². The van der Waals surface area contributed by atoms with Crippen molar-refractivity contribution in [3.8, 4) is 0 Å². The summed E-state index contributed by atoms with van der Waals surface area (Å²) in [4.78, 5) is 56.9. The Hall–Kier alpha value is -2.90. The lowest BCUT2D eigenvalue weighted by molar-refractivity contribution is -0.162. The quantitative estimate of drug-likeness (QED) is 0.704. The van der Waals surface area contributed by atoms with E-state index < -0.39 is 11.6 Å². The monoisotopic (exact) mass is 411 g/mol. The third-order valence-electron chi connectivity index (χ3n) is 6.57. The molecule has 30 heavy (non-hydrogen) atoms. The van der Waals surface area contributed by atoms with E-state index in [4.69, 9.17) is 4.74 Å². The molecule has 4 aliphatic rings. The van der Waals surface area contributed by atoms with Crippen molar-refractivity contribution in [1.29, 1.82) is 0 Å². The van der Waals surface area contributed by atoms with Crippen LogP contribution in [0, 0.1) is 0 Å². The van der Waals surface area contributed by atoms with Crippen LogP contribution in [0.4, 0.5) is 5.69 Å². The van der Waals surface area contributed by atoms with Crippen LogP contribution in [-0.2, 0) is 19.1 Å². The molecule has 0 unspecified atom stereocenters. The van der Waals surface area contributed by atoms with Crippen molar-refractivity contribution in [2.45, 2.75) is 56.7 Å². The minimum absolute atomic E-state index is 0.0930. The summed E-state index contributed by atoms with van der Waals surface area (Å²) < 4.78 is 5.50. The lowest BCUT2D eigenvalue weighted by Gasteiger charge is -2.48. The molecule has 3 aliphatic heterocycles. The SMILES string of the molecule is O=C(COC(=O)[C@@]12CCC(=O)N1c1ccccc1C(=O)N2C1CC1)N1CCCCC1. The Labute approximate surface area is 174 Å². The number of likely N-dealkylation sites (tertiary alicyclic amines) is 1. The summed E-state index contributed by atoms with van der Waals surface area (Å²) in [5.41, 5.74) is -0.625. The van der Waals surface area contributed by atoms with E-state index in [0.29, 0.717) is 24.3 Å². The summed E-state index contributed by atoms with van der Waals surface area (Å²) in [7, 11) is 0. The third-order valence-corrected chi connectivity index (χ3v) is 6.57. The van der Waals surface area contributed by atoms with Gasteiger partial charge in [0, 0.05) is 32.0 Å². The molecule has 158 valence electrons. The second-order valence-electron chi connectivity index (χ2n) is 8.49. The molecule has 1 aliphatic carbocycles. The molecule has 1 aromatic carbocycles. The van der Waals surface area contributed by atoms with Crippen molar-refractivity contribution < 1.29 is 23.9 Å². The van der Waals surface area contributed by atoms with Gasteiger partial charge in [-0.25, -0.2) is 4.79 Å². The number of ether oxygens (including phenoxy) is 1. The molecular weight excluding hydrogens is 386 g/mol. The van der Waals surface area contributed by atoms with E-state index in [-0.39, 0.29) is 43.2 Å². The lowest BCUT2D eigenvalue weighted by atomic mass is 9.96. The highest BCUT2D eigenvalue weighted by molar-refractivity contribution is 6.15. The predicted octanol–water partition coefficient (Wildman–Crippen LogP) is 1.68. The van der Waals surface area contributed by atoms with E-state index in [1.165, 1.54) is 4.90 Å². The minimum Gasteiger partial charge on any atom is -0.452 e. The Kier molecular flexibility index (Phi) is 4.52. The maximum Gasteiger partial charge on any atom is 0.354 e. The highest BCUT2D eigenvalue weighted by atomic mass is 16.5. The molecule has 3 heterocycles. The third kappa shape index (κ3) is 2.80. The molecule has 0 aromatic heterocycles. The number of nitrogens with zero attached hydrogens (tertiary/aromatic N) is 3. The van der Waals surface area contributed by atoms with Gasteiger partial charge in [-0.1, -0.05) is 12.1 Å². The summed E-state index contributed by atoms with van der Waals surface area (Å²) in [5.74, 6) is -1.37. The second-order valence-corrected chi connectivity index (χ2v) is 8.49. The molecule has 0 spiro atoms.